The van der Waals surface area contributed by atoms with Crippen LogP contribution in [-0.4, -0.2) is 29.8 Å². The van der Waals surface area contributed by atoms with Crippen molar-refractivity contribution < 1.29 is 8.42 Å². The zero-order chi connectivity index (χ0) is 12.2. The van der Waals surface area contributed by atoms with Crippen molar-refractivity contribution in [3.05, 3.63) is 18.2 Å². The fourth-order valence-electron chi connectivity index (χ4n) is 1.36. The highest BCUT2D eigenvalue weighted by molar-refractivity contribution is 7.90. The second-order valence-electron chi connectivity index (χ2n) is 3.59. The number of nitrogens with one attached hydrogen (secondary N) is 1. The van der Waals surface area contributed by atoms with E-state index < -0.39 is 15.3 Å². The predicted octanol–water partition coefficient (Wildman–Crippen LogP) is -0.423. The molecule has 16 heavy (non-hydrogen) atoms. The number of imidazole rings is 1. The molecule has 0 spiro atoms. The Morgan fingerprint density at radius 2 is 2.31 bits per heavy atom. The van der Waals surface area contributed by atoms with E-state index in [1.165, 1.54) is 0 Å². The molecular weight excluding hydrogens is 228 g/mol. The van der Waals surface area contributed by atoms with E-state index in [1.54, 1.807) is 23.9 Å². The van der Waals surface area contributed by atoms with Gasteiger partial charge in [-0.05, 0) is 6.42 Å². The Balaban J connectivity index is 2.64. The highest BCUT2D eigenvalue weighted by Gasteiger charge is 2.21. The minimum atomic E-state index is -3.34. The van der Waals surface area contributed by atoms with E-state index in [0.717, 1.165) is 0 Å². The van der Waals surface area contributed by atoms with Gasteiger partial charge in [-0.3, -0.25) is 0 Å². The number of nitrogens with two attached hydrogens (primary N) is 1. The Morgan fingerprint density at radius 3 is 2.75 bits per heavy atom. The second-order valence-corrected chi connectivity index (χ2v) is 5.63. The monoisotopic (exact) mass is 246 g/mol. The molecule has 0 bridgehead atoms. The smallest absolute Gasteiger partial charge is 0.216 e. The quantitative estimate of drug-likeness (QED) is 0.713. The highest BCUT2D eigenvalue weighted by Crippen LogP contribution is 2.03. The Bertz CT molecular complexity index is 422. The SMILES string of the molecule is CCC(CN)S(=O)(=O)NCc1nccn1C. The van der Waals surface area contributed by atoms with Gasteiger partial charge < -0.3 is 10.3 Å². The van der Waals surface area contributed by atoms with E-state index in [9.17, 15) is 8.42 Å². The third-order valence-electron chi connectivity index (χ3n) is 2.51. The van der Waals surface area contributed by atoms with E-state index in [2.05, 4.69) is 9.71 Å². The molecule has 3 N–H and O–H groups in total. The van der Waals surface area contributed by atoms with Crippen molar-refractivity contribution in [1.82, 2.24) is 14.3 Å². The summed E-state index contributed by atoms with van der Waals surface area (Å²) in [6, 6.07) is 0. The molecule has 0 radical (unpaired) electrons. The van der Waals surface area contributed by atoms with E-state index in [-0.39, 0.29) is 13.1 Å². The third kappa shape index (κ3) is 3.03. The summed E-state index contributed by atoms with van der Waals surface area (Å²) in [5, 5.41) is -0.534. The van der Waals surface area contributed by atoms with E-state index in [0.29, 0.717) is 12.2 Å². The lowest BCUT2D eigenvalue weighted by atomic mass is 10.3. The molecule has 1 aromatic rings. The maximum atomic E-state index is 11.8. The molecule has 1 heterocycles. The van der Waals surface area contributed by atoms with Gasteiger partial charge in [0.1, 0.15) is 5.82 Å². The zero-order valence-corrected chi connectivity index (χ0v) is 10.4. The van der Waals surface area contributed by atoms with Gasteiger partial charge in [-0.25, -0.2) is 18.1 Å². The molecule has 1 unspecified atom stereocenters. The fourth-order valence-corrected chi connectivity index (χ4v) is 2.62. The molecule has 0 fully saturated rings. The van der Waals surface area contributed by atoms with Crippen LogP contribution < -0.4 is 10.5 Å². The van der Waals surface area contributed by atoms with Crippen LogP contribution >= 0.6 is 0 Å². The van der Waals surface area contributed by atoms with E-state index >= 15 is 0 Å². The van der Waals surface area contributed by atoms with Gasteiger partial charge in [0.05, 0.1) is 11.8 Å². The Kier molecular flexibility index (Phi) is 4.45. The molecule has 6 nitrogen and oxygen atoms in total. The molecule has 0 aromatic carbocycles. The zero-order valence-electron chi connectivity index (χ0n) is 9.55. The van der Waals surface area contributed by atoms with Crippen molar-refractivity contribution in [3.8, 4) is 0 Å². The van der Waals surface area contributed by atoms with Crippen LogP contribution in [0.15, 0.2) is 12.4 Å². The first kappa shape index (κ1) is 13.1. The van der Waals surface area contributed by atoms with Crippen LogP contribution in [0.3, 0.4) is 0 Å². The molecule has 92 valence electrons. The molecule has 1 rings (SSSR count). The topological polar surface area (TPSA) is 90.0 Å². The largest absolute Gasteiger partial charge is 0.337 e. The molecule has 1 aromatic heterocycles. The molecule has 0 saturated heterocycles. The van der Waals surface area contributed by atoms with Crippen LogP contribution in [0.25, 0.3) is 0 Å². The lowest BCUT2D eigenvalue weighted by Crippen LogP contribution is -2.38. The van der Waals surface area contributed by atoms with Gasteiger partial charge in [0.15, 0.2) is 0 Å². The molecule has 1 atom stereocenters. The normalized spacial score (nSPS) is 13.9. The van der Waals surface area contributed by atoms with Crippen molar-refractivity contribution in [2.24, 2.45) is 12.8 Å². The summed E-state index contributed by atoms with van der Waals surface area (Å²) in [7, 11) is -1.53. The summed E-state index contributed by atoms with van der Waals surface area (Å²) in [5.74, 6) is 0.676. The molecule has 0 aliphatic rings. The maximum Gasteiger partial charge on any atom is 0.216 e. The van der Waals surface area contributed by atoms with Gasteiger partial charge in [0, 0.05) is 26.0 Å². The lowest BCUT2D eigenvalue weighted by Gasteiger charge is -2.14. The number of sulfonamides is 1. The van der Waals surface area contributed by atoms with Crippen molar-refractivity contribution in [1.29, 1.82) is 0 Å². The van der Waals surface area contributed by atoms with Gasteiger partial charge in [-0.1, -0.05) is 6.92 Å². The Hall–Kier alpha value is -0.920. The van der Waals surface area contributed by atoms with Crippen molar-refractivity contribution >= 4 is 10.0 Å². The lowest BCUT2D eigenvalue weighted by molar-refractivity contribution is 0.557. The number of rotatable bonds is 6. The van der Waals surface area contributed by atoms with Gasteiger partial charge in [-0.15, -0.1) is 0 Å². The van der Waals surface area contributed by atoms with Crippen LogP contribution in [0.1, 0.15) is 19.2 Å². The van der Waals surface area contributed by atoms with Crippen molar-refractivity contribution in [3.63, 3.8) is 0 Å². The van der Waals surface area contributed by atoms with Gasteiger partial charge in [0.2, 0.25) is 10.0 Å². The summed E-state index contributed by atoms with van der Waals surface area (Å²) in [5.41, 5.74) is 5.41. The minimum absolute atomic E-state index is 0.131. The van der Waals surface area contributed by atoms with Crippen LogP contribution in [-0.2, 0) is 23.6 Å². The van der Waals surface area contributed by atoms with E-state index in [4.69, 9.17) is 5.73 Å². The summed E-state index contributed by atoms with van der Waals surface area (Å²) in [6.45, 7) is 2.13. The van der Waals surface area contributed by atoms with Crippen molar-refractivity contribution in [2.75, 3.05) is 6.54 Å². The van der Waals surface area contributed by atoms with Gasteiger partial charge in [-0.2, -0.15) is 0 Å². The van der Waals surface area contributed by atoms with Crippen LogP contribution in [0.2, 0.25) is 0 Å². The summed E-state index contributed by atoms with van der Waals surface area (Å²) in [4.78, 5) is 4.03. The van der Waals surface area contributed by atoms with Crippen LogP contribution in [0.5, 0.6) is 0 Å². The standard InChI is InChI=1S/C9H18N4O2S/c1-3-8(6-10)16(14,15)12-7-9-11-4-5-13(9)2/h4-5,8,12H,3,6-7,10H2,1-2H3. The summed E-state index contributed by atoms with van der Waals surface area (Å²) < 4.78 is 27.8. The Labute approximate surface area is 95.9 Å². The number of aromatic nitrogens is 2. The van der Waals surface area contributed by atoms with Gasteiger partial charge in [0.25, 0.3) is 0 Å². The summed E-state index contributed by atoms with van der Waals surface area (Å²) >= 11 is 0. The molecule has 0 aliphatic carbocycles. The highest BCUT2D eigenvalue weighted by atomic mass is 32.2. The average molecular weight is 246 g/mol. The molecule has 0 aliphatic heterocycles. The second kappa shape index (κ2) is 5.42. The molecular formula is C9H18N4O2S. The summed E-state index contributed by atoms with van der Waals surface area (Å²) in [6.07, 6.45) is 3.90. The minimum Gasteiger partial charge on any atom is -0.337 e. The molecule has 7 heteroatoms. The number of nitrogens with zero attached hydrogens (tertiary/aromatic N) is 2. The van der Waals surface area contributed by atoms with Crippen LogP contribution in [0, 0.1) is 0 Å². The molecule has 0 amide bonds. The van der Waals surface area contributed by atoms with E-state index in [1.807, 2.05) is 7.05 Å². The fraction of sp³-hybridized carbons (Fsp3) is 0.667. The Morgan fingerprint density at radius 1 is 1.62 bits per heavy atom. The first-order valence-electron chi connectivity index (χ1n) is 5.16. The predicted molar refractivity (Wildman–Crippen MR) is 62.1 cm³/mol. The first-order chi connectivity index (χ1) is 7.51. The average Bonchev–Trinajstić information content (AvgIpc) is 2.62. The number of hydrogen-bond donors (Lipinski definition) is 2. The third-order valence-corrected chi connectivity index (χ3v) is 4.46. The number of hydrogen-bond acceptors (Lipinski definition) is 4. The number of aryl methyl sites for hydroxylation is 1. The van der Waals surface area contributed by atoms with Gasteiger partial charge >= 0.3 is 0 Å². The maximum absolute atomic E-state index is 11.8. The first-order valence-corrected chi connectivity index (χ1v) is 6.70. The van der Waals surface area contributed by atoms with Crippen molar-refractivity contribution in [2.45, 2.75) is 25.1 Å². The van der Waals surface area contributed by atoms with Crippen LogP contribution in [0.4, 0.5) is 0 Å². The molecule has 0 saturated carbocycles.